The number of hydrogen-bond acceptors (Lipinski definition) is 4. The van der Waals surface area contributed by atoms with E-state index in [4.69, 9.17) is 4.74 Å². The second-order valence-corrected chi connectivity index (χ2v) is 6.26. The van der Waals surface area contributed by atoms with Crippen LogP contribution in [0.25, 0.3) is 0 Å². The molecule has 1 unspecified atom stereocenters. The van der Waals surface area contributed by atoms with E-state index in [9.17, 15) is 9.18 Å². The summed E-state index contributed by atoms with van der Waals surface area (Å²) in [6, 6.07) is 1.22. The molecule has 0 bridgehead atoms. The minimum Gasteiger partial charge on any atom is -0.381 e. The number of urea groups is 1. The van der Waals surface area contributed by atoms with Gasteiger partial charge in [-0.15, -0.1) is 0 Å². The van der Waals surface area contributed by atoms with Crippen molar-refractivity contribution >= 4 is 11.7 Å². The van der Waals surface area contributed by atoms with E-state index in [1.54, 1.807) is 0 Å². The molecule has 3 rings (SSSR count). The molecule has 3 heterocycles. The lowest BCUT2D eigenvalue weighted by atomic mass is 10.0. The maximum atomic E-state index is 13.5. The zero-order chi connectivity index (χ0) is 16.1. The summed E-state index contributed by atoms with van der Waals surface area (Å²) in [6.45, 7) is 4.80. The van der Waals surface area contributed by atoms with Gasteiger partial charge in [0.2, 0.25) is 0 Å². The molecule has 1 atom stereocenters. The fraction of sp³-hybridized carbons (Fsp3) is 0.625. The lowest BCUT2D eigenvalue weighted by Crippen LogP contribution is -2.47. The Morgan fingerprint density at radius 3 is 2.91 bits per heavy atom. The van der Waals surface area contributed by atoms with Crippen molar-refractivity contribution in [2.45, 2.75) is 25.3 Å². The molecular weight excluding hydrogens is 299 g/mol. The standard InChI is InChI=1S/C16H23FN4O2/c17-14-9-18-5-1-15(14)20-16(22)19-13-2-6-21(7-3-13)10-12-4-8-23-11-12/h1,5,9,12-13H,2-4,6-8,10-11H2,(H2,18,19,20,22). The first-order valence-electron chi connectivity index (χ1n) is 8.18. The van der Waals surface area contributed by atoms with Crippen molar-refractivity contribution in [1.82, 2.24) is 15.2 Å². The zero-order valence-electron chi connectivity index (χ0n) is 13.1. The van der Waals surface area contributed by atoms with Crippen molar-refractivity contribution in [3.8, 4) is 0 Å². The summed E-state index contributed by atoms with van der Waals surface area (Å²) in [5.41, 5.74) is 0.149. The van der Waals surface area contributed by atoms with Crippen LogP contribution >= 0.6 is 0 Å². The van der Waals surface area contributed by atoms with Crippen LogP contribution in [0.4, 0.5) is 14.9 Å². The van der Waals surface area contributed by atoms with Crippen molar-refractivity contribution in [3.05, 3.63) is 24.3 Å². The molecule has 6 nitrogen and oxygen atoms in total. The van der Waals surface area contributed by atoms with Gasteiger partial charge in [-0.1, -0.05) is 0 Å². The monoisotopic (exact) mass is 322 g/mol. The van der Waals surface area contributed by atoms with E-state index in [0.717, 1.165) is 58.3 Å². The minimum absolute atomic E-state index is 0.135. The second-order valence-electron chi connectivity index (χ2n) is 6.26. The molecule has 2 amide bonds. The number of amides is 2. The third-order valence-electron chi connectivity index (χ3n) is 4.48. The minimum atomic E-state index is -0.531. The molecule has 126 valence electrons. The highest BCUT2D eigenvalue weighted by Gasteiger charge is 2.24. The Hall–Kier alpha value is -1.73. The Bertz CT molecular complexity index is 529. The summed E-state index contributed by atoms with van der Waals surface area (Å²) in [7, 11) is 0. The van der Waals surface area contributed by atoms with Gasteiger partial charge in [0.15, 0.2) is 5.82 Å². The normalized spacial score (nSPS) is 22.9. The third kappa shape index (κ3) is 4.62. The largest absolute Gasteiger partial charge is 0.381 e. The van der Waals surface area contributed by atoms with Gasteiger partial charge < -0.3 is 20.3 Å². The Kier molecular flexibility index (Phi) is 5.40. The fourth-order valence-electron chi connectivity index (χ4n) is 3.17. The van der Waals surface area contributed by atoms with Gasteiger partial charge in [-0.3, -0.25) is 4.98 Å². The quantitative estimate of drug-likeness (QED) is 0.888. The average Bonchev–Trinajstić information content (AvgIpc) is 3.04. The predicted octanol–water partition coefficient (Wildman–Crippen LogP) is 1.84. The lowest BCUT2D eigenvalue weighted by Gasteiger charge is -2.33. The van der Waals surface area contributed by atoms with E-state index in [2.05, 4.69) is 20.5 Å². The molecule has 2 aliphatic heterocycles. The van der Waals surface area contributed by atoms with E-state index >= 15 is 0 Å². The summed E-state index contributed by atoms with van der Waals surface area (Å²) >= 11 is 0. The van der Waals surface area contributed by atoms with E-state index in [-0.39, 0.29) is 17.8 Å². The van der Waals surface area contributed by atoms with E-state index in [1.165, 1.54) is 12.3 Å². The van der Waals surface area contributed by atoms with Crippen LogP contribution in [0.15, 0.2) is 18.5 Å². The molecule has 2 N–H and O–H groups in total. The summed E-state index contributed by atoms with van der Waals surface area (Å²) < 4.78 is 18.9. The first-order chi connectivity index (χ1) is 11.2. The third-order valence-corrected chi connectivity index (χ3v) is 4.48. The van der Waals surface area contributed by atoms with Crippen LogP contribution in [-0.4, -0.2) is 54.8 Å². The number of aromatic nitrogens is 1. The number of nitrogens with zero attached hydrogens (tertiary/aromatic N) is 2. The molecule has 2 saturated heterocycles. The molecule has 2 fully saturated rings. The topological polar surface area (TPSA) is 66.5 Å². The van der Waals surface area contributed by atoms with Crippen LogP contribution in [0.2, 0.25) is 0 Å². The van der Waals surface area contributed by atoms with Gasteiger partial charge in [0.05, 0.1) is 18.5 Å². The Labute approximate surface area is 135 Å². The van der Waals surface area contributed by atoms with Gasteiger partial charge in [0.25, 0.3) is 0 Å². The first kappa shape index (κ1) is 16.1. The van der Waals surface area contributed by atoms with E-state index in [0.29, 0.717) is 5.92 Å². The van der Waals surface area contributed by atoms with Crippen LogP contribution < -0.4 is 10.6 Å². The molecule has 1 aromatic rings. The number of halogens is 1. The maximum Gasteiger partial charge on any atom is 0.319 e. The summed E-state index contributed by atoms with van der Waals surface area (Å²) in [4.78, 5) is 18.1. The molecule has 0 aliphatic carbocycles. The molecule has 2 aliphatic rings. The lowest BCUT2D eigenvalue weighted by molar-refractivity contribution is 0.148. The summed E-state index contributed by atoms with van der Waals surface area (Å²) in [5, 5.41) is 5.45. The van der Waals surface area contributed by atoms with E-state index in [1.807, 2.05) is 0 Å². The number of carbonyl (C=O) groups is 1. The molecule has 1 aromatic heterocycles. The molecule has 7 heteroatoms. The van der Waals surface area contributed by atoms with Crippen LogP contribution in [0.5, 0.6) is 0 Å². The van der Waals surface area contributed by atoms with Gasteiger partial charge >= 0.3 is 6.03 Å². The highest BCUT2D eigenvalue weighted by Crippen LogP contribution is 2.18. The van der Waals surface area contributed by atoms with Gasteiger partial charge in [0, 0.05) is 38.5 Å². The molecule has 0 aromatic carbocycles. The van der Waals surface area contributed by atoms with Crippen molar-refractivity contribution in [3.63, 3.8) is 0 Å². The molecular formula is C16H23FN4O2. The highest BCUT2D eigenvalue weighted by molar-refractivity contribution is 5.89. The number of likely N-dealkylation sites (tertiary alicyclic amines) is 1. The number of nitrogens with one attached hydrogen (secondary N) is 2. The van der Waals surface area contributed by atoms with Gasteiger partial charge in [-0.25, -0.2) is 9.18 Å². The van der Waals surface area contributed by atoms with Crippen LogP contribution in [0.3, 0.4) is 0 Å². The Morgan fingerprint density at radius 1 is 1.39 bits per heavy atom. The Balaban J connectivity index is 1.40. The maximum absolute atomic E-state index is 13.5. The second kappa shape index (κ2) is 7.70. The van der Waals surface area contributed by atoms with Crippen molar-refractivity contribution in [2.24, 2.45) is 5.92 Å². The number of ether oxygens (including phenoxy) is 1. The van der Waals surface area contributed by atoms with Gasteiger partial charge in [-0.05, 0) is 31.2 Å². The van der Waals surface area contributed by atoms with Gasteiger partial charge in [-0.2, -0.15) is 0 Å². The molecule has 0 spiro atoms. The molecule has 0 radical (unpaired) electrons. The van der Waals surface area contributed by atoms with Crippen LogP contribution in [0, 0.1) is 11.7 Å². The highest BCUT2D eigenvalue weighted by atomic mass is 19.1. The van der Waals surface area contributed by atoms with Crippen molar-refractivity contribution in [2.75, 3.05) is 38.2 Å². The predicted molar refractivity (Wildman–Crippen MR) is 84.7 cm³/mol. The molecule has 23 heavy (non-hydrogen) atoms. The number of pyridine rings is 1. The summed E-state index contributed by atoms with van der Waals surface area (Å²) in [5.74, 6) is 0.119. The number of hydrogen-bond donors (Lipinski definition) is 2. The number of piperidine rings is 1. The first-order valence-corrected chi connectivity index (χ1v) is 8.18. The van der Waals surface area contributed by atoms with Crippen LogP contribution in [0.1, 0.15) is 19.3 Å². The van der Waals surface area contributed by atoms with Crippen LogP contribution in [-0.2, 0) is 4.74 Å². The molecule has 0 saturated carbocycles. The zero-order valence-corrected chi connectivity index (χ0v) is 13.1. The summed E-state index contributed by atoms with van der Waals surface area (Å²) in [6.07, 6.45) is 5.52. The Morgan fingerprint density at radius 2 is 2.22 bits per heavy atom. The smallest absolute Gasteiger partial charge is 0.319 e. The SMILES string of the molecule is O=C(Nc1ccncc1F)NC1CCN(CC2CCOC2)CC1. The fourth-order valence-corrected chi connectivity index (χ4v) is 3.17. The number of rotatable bonds is 4. The van der Waals surface area contributed by atoms with Gasteiger partial charge in [0.1, 0.15) is 0 Å². The van der Waals surface area contributed by atoms with E-state index < -0.39 is 5.82 Å². The van der Waals surface area contributed by atoms with Crippen molar-refractivity contribution < 1.29 is 13.9 Å². The van der Waals surface area contributed by atoms with Crippen molar-refractivity contribution in [1.29, 1.82) is 0 Å². The average molecular weight is 322 g/mol. The number of carbonyl (C=O) groups excluding carboxylic acids is 1. The number of anilines is 1.